The molecule has 1 atom stereocenters. The molecule has 0 aliphatic carbocycles. The largest absolute Gasteiger partial charge is 0.362 e. The van der Waals surface area contributed by atoms with Crippen LogP contribution in [0.3, 0.4) is 0 Å². The van der Waals surface area contributed by atoms with Gasteiger partial charge in [-0.15, -0.1) is 11.3 Å². The quantitative estimate of drug-likeness (QED) is 0.917. The Kier molecular flexibility index (Phi) is 3.76. The third-order valence-electron chi connectivity index (χ3n) is 3.95. The molecule has 1 aromatic heterocycles. The van der Waals surface area contributed by atoms with E-state index < -0.39 is 0 Å². The highest BCUT2D eigenvalue weighted by atomic mass is 32.1. The van der Waals surface area contributed by atoms with Gasteiger partial charge >= 0.3 is 0 Å². The van der Waals surface area contributed by atoms with Crippen LogP contribution in [0.15, 0.2) is 24.3 Å². The van der Waals surface area contributed by atoms with Crippen LogP contribution in [0.1, 0.15) is 34.1 Å². The van der Waals surface area contributed by atoms with E-state index in [1.165, 1.54) is 21.8 Å². The van der Waals surface area contributed by atoms with Crippen molar-refractivity contribution in [3.05, 3.63) is 45.4 Å². The van der Waals surface area contributed by atoms with E-state index in [0.29, 0.717) is 6.04 Å². The lowest BCUT2D eigenvalue weighted by atomic mass is 10.1. The molecule has 106 valence electrons. The summed E-state index contributed by atoms with van der Waals surface area (Å²) in [5.41, 5.74) is 3.95. The van der Waals surface area contributed by atoms with Crippen LogP contribution in [-0.2, 0) is 6.54 Å². The summed E-state index contributed by atoms with van der Waals surface area (Å²) in [5.74, 6) is 0. The summed E-state index contributed by atoms with van der Waals surface area (Å²) in [6.07, 6.45) is 0. The van der Waals surface area contributed by atoms with Gasteiger partial charge in [-0.25, -0.2) is 4.98 Å². The summed E-state index contributed by atoms with van der Waals surface area (Å²) < 4.78 is 0. The van der Waals surface area contributed by atoms with E-state index in [-0.39, 0.29) is 0 Å². The van der Waals surface area contributed by atoms with Crippen molar-refractivity contribution in [2.45, 2.75) is 33.4 Å². The molecule has 0 radical (unpaired) electrons. The van der Waals surface area contributed by atoms with Gasteiger partial charge in [-0.3, -0.25) is 0 Å². The Morgan fingerprint density at radius 3 is 2.85 bits per heavy atom. The number of rotatable bonds is 2. The van der Waals surface area contributed by atoms with Gasteiger partial charge in [0, 0.05) is 30.2 Å². The molecule has 1 aliphatic heterocycles. The second-order valence-corrected chi connectivity index (χ2v) is 6.76. The molecular weight excluding hydrogens is 266 g/mol. The first-order chi connectivity index (χ1) is 9.66. The molecule has 0 saturated heterocycles. The van der Waals surface area contributed by atoms with E-state index in [0.717, 1.165) is 24.6 Å². The molecule has 0 spiro atoms. The molecule has 3 nitrogen and oxygen atoms in total. The van der Waals surface area contributed by atoms with Crippen molar-refractivity contribution in [1.82, 2.24) is 10.3 Å². The van der Waals surface area contributed by atoms with E-state index in [1.54, 1.807) is 11.3 Å². The third kappa shape index (κ3) is 2.45. The molecule has 4 heteroatoms. The average molecular weight is 287 g/mol. The summed E-state index contributed by atoms with van der Waals surface area (Å²) >= 11 is 1.79. The molecule has 0 bridgehead atoms. The predicted molar refractivity (Wildman–Crippen MR) is 85.5 cm³/mol. The van der Waals surface area contributed by atoms with Gasteiger partial charge in [-0.1, -0.05) is 18.2 Å². The first kappa shape index (κ1) is 13.6. The summed E-state index contributed by atoms with van der Waals surface area (Å²) in [4.78, 5) is 8.57. The van der Waals surface area contributed by atoms with Gasteiger partial charge < -0.3 is 10.2 Å². The molecule has 0 fully saturated rings. The van der Waals surface area contributed by atoms with Crippen molar-refractivity contribution < 1.29 is 0 Å². The Morgan fingerprint density at radius 2 is 2.10 bits per heavy atom. The predicted octanol–water partition coefficient (Wildman–Crippen LogP) is 3.43. The average Bonchev–Trinajstić information content (AvgIpc) is 2.66. The fraction of sp³-hybridized carbons (Fsp3) is 0.438. The second kappa shape index (κ2) is 5.54. The van der Waals surface area contributed by atoms with Gasteiger partial charge in [0.2, 0.25) is 0 Å². The zero-order valence-electron chi connectivity index (χ0n) is 12.3. The van der Waals surface area contributed by atoms with Crippen LogP contribution in [0.25, 0.3) is 0 Å². The molecular formula is C16H21N3S. The minimum absolute atomic E-state index is 0.320. The van der Waals surface area contributed by atoms with Gasteiger partial charge in [0.05, 0.1) is 16.7 Å². The lowest BCUT2D eigenvalue weighted by Crippen LogP contribution is -2.31. The highest BCUT2D eigenvalue weighted by molar-refractivity contribution is 7.11. The Bertz CT molecular complexity index is 606. The lowest BCUT2D eigenvalue weighted by molar-refractivity contribution is 0.628. The summed E-state index contributed by atoms with van der Waals surface area (Å²) in [5, 5.41) is 4.66. The van der Waals surface area contributed by atoms with Gasteiger partial charge in [0.1, 0.15) is 0 Å². The van der Waals surface area contributed by atoms with Gasteiger partial charge in [-0.05, 0) is 32.4 Å². The number of thiazole rings is 1. The van der Waals surface area contributed by atoms with Gasteiger partial charge in [0.25, 0.3) is 0 Å². The molecule has 20 heavy (non-hydrogen) atoms. The number of hydrogen-bond donors (Lipinski definition) is 1. The van der Waals surface area contributed by atoms with Crippen LogP contribution in [-0.4, -0.2) is 18.1 Å². The lowest BCUT2D eigenvalue weighted by Gasteiger charge is -2.30. The number of nitrogens with one attached hydrogen (secondary N) is 1. The maximum Gasteiger partial charge on any atom is 0.0901 e. The summed E-state index contributed by atoms with van der Waals surface area (Å²) in [6, 6.07) is 9.01. The minimum Gasteiger partial charge on any atom is -0.362 e. The number of fused-ring (bicyclic) bond motifs is 1. The molecule has 2 heterocycles. The number of anilines is 1. The summed E-state index contributed by atoms with van der Waals surface area (Å²) in [6.45, 7) is 9.53. The Balaban J connectivity index is 1.99. The highest BCUT2D eigenvalue weighted by Crippen LogP contribution is 2.33. The molecule has 1 N–H and O–H groups in total. The molecule has 1 unspecified atom stereocenters. The molecule has 2 aromatic rings. The second-order valence-electron chi connectivity index (χ2n) is 5.35. The van der Waals surface area contributed by atoms with Crippen LogP contribution in [0.2, 0.25) is 0 Å². The zero-order chi connectivity index (χ0) is 14.1. The van der Waals surface area contributed by atoms with Crippen LogP contribution >= 0.6 is 11.3 Å². The SMILES string of the molecule is Cc1nc(C(C)N2CCNCc3ccccc32)c(C)s1. The smallest absolute Gasteiger partial charge is 0.0901 e. The van der Waals surface area contributed by atoms with Crippen molar-refractivity contribution >= 4 is 17.0 Å². The van der Waals surface area contributed by atoms with Crippen molar-refractivity contribution in [3.8, 4) is 0 Å². The van der Waals surface area contributed by atoms with Crippen LogP contribution in [0.4, 0.5) is 5.69 Å². The van der Waals surface area contributed by atoms with Crippen molar-refractivity contribution in [1.29, 1.82) is 0 Å². The Morgan fingerprint density at radius 1 is 1.30 bits per heavy atom. The fourth-order valence-electron chi connectivity index (χ4n) is 2.97. The maximum absolute atomic E-state index is 4.75. The minimum atomic E-state index is 0.320. The Hall–Kier alpha value is -1.39. The van der Waals surface area contributed by atoms with Crippen LogP contribution < -0.4 is 10.2 Å². The van der Waals surface area contributed by atoms with E-state index in [1.807, 2.05) is 0 Å². The fourth-order valence-corrected chi connectivity index (χ4v) is 3.87. The van der Waals surface area contributed by atoms with Crippen LogP contribution in [0, 0.1) is 13.8 Å². The van der Waals surface area contributed by atoms with E-state index in [4.69, 9.17) is 4.98 Å². The van der Waals surface area contributed by atoms with E-state index in [9.17, 15) is 0 Å². The standard InChI is InChI=1S/C16H21N3S/c1-11(16-12(2)20-13(3)18-16)19-9-8-17-10-14-6-4-5-7-15(14)19/h4-7,11,17H,8-10H2,1-3H3. The van der Waals surface area contributed by atoms with Crippen molar-refractivity contribution in [2.24, 2.45) is 0 Å². The maximum atomic E-state index is 4.75. The topological polar surface area (TPSA) is 28.2 Å². The van der Waals surface area contributed by atoms with Crippen molar-refractivity contribution in [2.75, 3.05) is 18.0 Å². The third-order valence-corrected chi connectivity index (χ3v) is 4.85. The Labute approximate surface area is 124 Å². The number of benzene rings is 1. The molecule has 1 aliphatic rings. The van der Waals surface area contributed by atoms with Gasteiger partial charge in [-0.2, -0.15) is 0 Å². The van der Waals surface area contributed by atoms with Crippen LogP contribution in [0.5, 0.6) is 0 Å². The van der Waals surface area contributed by atoms with E-state index >= 15 is 0 Å². The number of para-hydroxylation sites is 1. The number of hydrogen-bond acceptors (Lipinski definition) is 4. The van der Waals surface area contributed by atoms with E-state index in [2.05, 4.69) is 55.3 Å². The number of nitrogens with zero attached hydrogens (tertiary/aromatic N) is 2. The highest BCUT2D eigenvalue weighted by Gasteiger charge is 2.23. The van der Waals surface area contributed by atoms with Gasteiger partial charge in [0.15, 0.2) is 0 Å². The number of aryl methyl sites for hydroxylation is 2. The first-order valence-electron chi connectivity index (χ1n) is 7.16. The molecule has 0 amide bonds. The van der Waals surface area contributed by atoms with Crippen molar-refractivity contribution in [3.63, 3.8) is 0 Å². The molecule has 0 saturated carbocycles. The molecule has 3 rings (SSSR count). The number of aromatic nitrogens is 1. The zero-order valence-corrected chi connectivity index (χ0v) is 13.1. The summed E-state index contributed by atoms with van der Waals surface area (Å²) in [7, 11) is 0. The molecule has 1 aromatic carbocycles. The monoisotopic (exact) mass is 287 g/mol. The first-order valence-corrected chi connectivity index (χ1v) is 7.97. The normalized spacial score (nSPS) is 16.6.